The van der Waals surface area contributed by atoms with Crippen LogP contribution in [0.1, 0.15) is 10.4 Å². The highest BCUT2D eigenvalue weighted by Crippen LogP contribution is 2.28. The van der Waals surface area contributed by atoms with Crippen molar-refractivity contribution in [3.05, 3.63) is 48.0 Å². The van der Waals surface area contributed by atoms with Crippen molar-refractivity contribution in [3.63, 3.8) is 0 Å². The Morgan fingerprint density at radius 1 is 0.950 bits per heavy atom. The minimum Gasteiger partial charge on any atom is -0.336 e. The summed E-state index contributed by atoms with van der Waals surface area (Å²) in [6.07, 6.45) is 0. The Hall–Kier alpha value is -1.58. The molecular weight excluding hydrogens is 272 g/mol. The Morgan fingerprint density at radius 2 is 1.65 bits per heavy atom. The number of fused-ring (bicyclic) bond motifs is 1. The maximum Gasteiger partial charge on any atom is 0.254 e. The third kappa shape index (κ3) is 2.79. The van der Waals surface area contributed by atoms with Gasteiger partial charge in [0.2, 0.25) is 0 Å². The first-order chi connectivity index (χ1) is 9.25. The molecule has 1 fully saturated rings. The van der Waals surface area contributed by atoms with Gasteiger partial charge in [0.05, 0.1) is 0 Å². The maximum atomic E-state index is 12.6. The molecule has 2 aliphatic carbocycles. The summed E-state index contributed by atoms with van der Waals surface area (Å²) >= 11 is 0. The fourth-order valence-corrected chi connectivity index (χ4v) is 2.58. The SMILES string of the molecule is CN1CCN(C(=O)c2ccc3cccccc2-3)CC1.Cl. The third-order valence-corrected chi connectivity index (χ3v) is 3.81. The molecule has 0 N–H and O–H groups in total. The first-order valence-electron chi connectivity index (χ1n) is 6.71. The number of nitrogens with zero attached hydrogens (tertiary/aromatic N) is 2. The second-order valence-electron chi connectivity index (χ2n) is 5.12. The standard InChI is InChI=1S/C16H18N2O.ClH/c1-17-9-11-18(12-10-17)16(19)15-8-7-13-5-3-2-4-6-14(13)15;/h2-8H,9-12H2,1H3;1H. The summed E-state index contributed by atoms with van der Waals surface area (Å²) in [6, 6.07) is 14.0. The van der Waals surface area contributed by atoms with E-state index >= 15 is 0 Å². The molecule has 1 aliphatic heterocycles. The van der Waals surface area contributed by atoms with E-state index in [4.69, 9.17) is 0 Å². The Kier molecular flexibility index (Phi) is 4.63. The van der Waals surface area contributed by atoms with Crippen molar-refractivity contribution < 1.29 is 4.79 Å². The maximum absolute atomic E-state index is 12.6. The van der Waals surface area contributed by atoms with Crippen molar-refractivity contribution >= 4 is 18.3 Å². The normalized spacial score (nSPS) is 15.9. The van der Waals surface area contributed by atoms with E-state index in [1.165, 1.54) is 0 Å². The van der Waals surface area contributed by atoms with Gasteiger partial charge in [-0.2, -0.15) is 0 Å². The van der Waals surface area contributed by atoms with Crippen LogP contribution in [0.4, 0.5) is 0 Å². The molecule has 0 bridgehead atoms. The van der Waals surface area contributed by atoms with Crippen LogP contribution < -0.4 is 0 Å². The highest BCUT2D eigenvalue weighted by molar-refractivity contribution is 6.02. The summed E-state index contributed by atoms with van der Waals surface area (Å²) in [5.41, 5.74) is 3.01. The first-order valence-corrected chi connectivity index (χ1v) is 6.71. The van der Waals surface area contributed by atoms with Gasteiger partial charge in [0.15, 0.2) is 0 Å². The summed E-state index contributed by atoms with van der Waals surface area (Å²) < 4.78 is 0. The van der Waals surface area contributed by atoms with E-state index in [0.29, 0.717) is 0 Å². The number of piperazine rings is 1. The molecule has 4 heteroatoms. The minimum absolute atomic E-state index is 0. The van der Waals surface area contributed by atoms with E-state index < -0.39 is 0 Å². The molecule has 1 amide bonds. The molecule has 0 aromatic rings. The molecule has 1 saturated heterocycles. The highest BCUT2D eigenvalue weighted by Gasteiger charge is 2.23. The van der Waals surface area contributed by atoms with Crippen molar-refractivity contribution in [2.45, 2.75) is 0 Å². The molecule has 0 unspecified atom stereocenters. The van der Waals surface area contributed by atoms with E-state index in [0.717, 1.165) is 42.9 Å². The summed E-state index contributed by atoms with van der Waals surface area (Å²) in [5, 5.41) is 0. The molecule has 0 spiro atoms. The summed E-state index contributed by atoms with van der Waals surface area (Å²) in [4.78, 5) is 16.8. The van der Waals surface area contributed by atoms with Crippen molar-refractivity contribution in [1.82, 2.24) is 9.80 Å². The Morgan fingerprint density at radius 3 is 2.40 bits per heavy atom. The molecular formula is C16H19ClN2O. The van der Waals surface area contributed by atoms with Crippen LogP contribution in [0.25, 0.3) is 11.1 Å². The molecule has 0 aromatic heterocycles. The average Bonchev–Trinajstić information content (AvgIpc) is 2.68. The number of carbonyl (C=O) groups is 1. The van der Waals surface area contributed by atoms with Crippen LogP contribution in [0.2, 0.25) is 0 Å². The predicted octanol–water partition coefficient (Wildman–Crippen LogP) is 2.60. The van der Waals surface area contributed by atoms with Crippen LogP contribution in [0.15, 0.2) is 42.5 Å². The Bertz CT molecular complexity index is 564. The molecule has 0 saturated carbocycles. The van der Waals surface area contributed by atoms with Crippen molar-refractivity contribution in [1.29, 1.82) is 0 Å². The number of hydrogen-bond acceptors (Lipinski definition) is 2. The molecule has 3 aliphatic rings. The fraction of sp³-hybridized carbons (Fsp3) is 0.312. The molecule has 106 valence electrons. The summed E-state index contributed by atoms with van der Waals surface area (Å²) in [7, 11) is 2.10. The van der Waals surface area contributed by atoms with Crippen LogP contribution in [0, 0.1) is 0 Å². The largest absolute Gasteiger partial charge is 0.336 e. The molecule has 1 heterocycles. The second kappa shape index (κ2) is 6.25. The number of rotatable bonds is 1. The van der Waals surface area contributed by atoms with Crippen LogP contribution in [-0.4, -0.2) is 48.9 Å². The van der Waals surface area contributed by atoms with E-state index in [-0.39, 0.29) is 18.3 Å². The predicted molar refractivity (Wildman–Crippen MR) is 83.7 cm³/mol. The second-order valence-corrected chi connectivity index (χ2v) is 5.12. The number of hydrogen-bond donors (Lipinski definition) is 0. The van der Waals surface area contributed by atoms with Gasteiger partial charge in [0, 0.05) is 31.7 Å². The Balaban J connectivity index is 0.00000147. The lowest BCUT2D eigenvalue weighted by Gasteiger charge is -2.32. The number of carbonyl (C=O) groups excluding carboxylic acids is 1. The summed E-state index contributed by atoms with van der Waals surface area (Å²) in [5.74, 6) is 0.161. The van der Waals surface area contributed by atoms with E-state index in [9.17, 15) is 4.79 Å². The van der Waals surface area contributed by atoms with Crippen LogP contribution in [0.3, 0.4) is 0 Å². The molecule has 3 rings (SSSR count). The third-order valence-electron chi connectivity index (χ3n) is 3.81. The van der Waals surface area contributed by atoms with Gasteiger partial charge in [-0.3, -0.25) is 4.79 Å². The van der Waals surface area contributed by atoms with E-state index in [1.54, 1.807) is 0 Å². The van der Waals surface area contributed by atoms with Gasteiger partial charge in [-0.25, -0.2) is 0 Å². The van der Waals surface area contributed by atoms with Gasteiger partial charge >= 0.3 is 0 Å². The van der Waals surface area contributed by atoms with Crippen LogP contribution >= 0.6 is 12.4 Å². The number of halogens is 1. The van der Waals surface area contributed by atoms with Crippen molar-refractivity contribution in [3.8, 4) is 11.1 Å². The molecule has 20 heavy (non-hydrogen) atoms. The zero-order chi connectivity index (χ0) is 13.2. The molecule has 0 radical (unpaired) electrons. The molecule has 3 nitrogen and oxygen atoms in total. The smallest absolute Gasteiger partial charge is 0.254 e. The highest BCUT2D eigenvalue weighted by atomic mass is 35.5. The van der Waals surface area contributed by atoms with Gasteiger partial charge in [-0.1, -0.05) is 36.4 Å². The fourth-order valence-electron chi connectivity index (χ4n) is 2.58. The van der Waals surface area contributed by atoms with Gasteiger partial charge in [-0.15, -0.1) is 12.4 Å². The minimum atomic E-state index is 0. The topological polar surface area (TPSA) is 23.6 Å². The van der Waals surface area contributed by atoms with Crippen LogP contribution in [0.5, 0.6) is 0 Å². The van der Waals surface area contributed by atoms with Gasteiger partial charge in [0.1, 0.15) is 0 Å². The quantitative estimate of drug-likeness (QED) is 0.806. The zero-order valence-electron chi connectivity index (χ0n) is 11.6. The lowest BCUT2D eigenvalue weighted by Crippen LogP contribution is -2.47. The first kappa shape index (κ1) is 14.8. The number of likely N-dealkylation sites (N-methyl/N-ethyl adjacent to an activating group) is 1. The zero-order valence-corrected chi connectivity index (χ0v) is 12.4. The molecule has 0 atom stereocenters. The lowest BCUT2D eigenvalue weighted by molar-refractivity contribution is 0.0665. The monoisotopic (exact) mass is 290 g/mol. The van der Waals surface area contributed by atoms with Gasteiger partial charge in [-0.05, 0) is 24.2 Å². The summed E-state index contributed by atoms with van der Waals surface area (Å²) in [6.45, 7) is 3.55. The van der Waals surface area contributed by atoms with Crippen LogP contribution in [-0.2, 0) is 0 Å². The lowest BCUT2D eigenvalue weighted by atomic mass is 10.1. The molecule has 0 aromatic carbocycles. The van der Waals surface area contributed by atoms with Crippen molar-refractivity contribution in [2.24, 2.45) is 0 Å². The van der Waals surface area contributed by atoms with Gasteiger partial charge < -0.3 is 9.80 Å². The van der Waals surface area contributed by atoms with E-state index in [2.05, 4.69) is 18.0 Å². The van der Waals surface area contributed by atoms with Crippen molar-refractivity contribution in [2.75, 3.05) is 33.2 Å². The van der Waals surface area contributed by atoms with Gasteiger partial charge in [0.25, 0.3) is 5.91 Å². The number of amides is 1. The Labute approximate surface area is 125 Å². The van der Waals surface area contributed by atoms with E-state index in [1.807, 2.05) is 41.3 Å². The average molecular weight is 291 g/mol.